The summed E-state index contributed by atoms with van der Waals surface area (Å²) in [4.78, 5) is 9.02. The van der Waals surface area contributed by atoms with E-state index < -0.39 is 0 Å². The molecule has 0 spiro atoms. The van der Waals surface area contributed by atoms with Gasteiger partial charge >= 0.3 is 0 Å². The van der Waals surface area contributed by atoms with Crippen LogP contribution in [0.5, 0.6) is 5.88 Å². The topological polar surface area (TPSA) is 49.2 Å². The Kier molecular flexibility index (Phi) is 4.08. The molecule has 0 radical (unpaired) electrons. The molecule has 0 aliphatic carbocycles. The fraction of sp³-hybridized carbons (Fsp3) is 0.571. The van der Waals surface area contributed by atoms with E-state index in [0.717, 1.165) is 43.0 Å². The molecule has 20 heavy (non-hydrogen) atoms. The highest BCUT2D eigenvalue weighted by Gasteiger charge is 2.19. The fourth-order valence-electron chi connectivity index (χ4n) is 2.59. The van der Waals surface area contributed by atoms with Crippen LogP contribution in [0.4, 0.5) is 0 Å². The monoisotopic (exact) mass is 295 g/mol. The molecule has 1 fully saturated rings. The van der Waals surface area contributed by atoms with Gasteiger partial charge in [0.25, 0.3) is 0 Å². The molecule has 1 atom stereocenters. The number of imidazole rings is 1. The number of nitrogens with zero attached hydrogens (tertiary/aromatic N) is 3. The van der Waals surface area contributed by atoms with Crippen molar-refractivity contribution >= 4 is 22.8 Å². The average molecular weight is 296 g/mol. The van der Waals surface area contributed by atoms with E-state index in [1.807, 2.05) is 12.1 Å². The Hall–Kier alpha value is -1.33. The van der Waals surface area contributed by atoms with Crippen LogP contribution in [0.1, 0.15) is 25.1 Å². The van der Waals surface area contributed by atoms with Crippen LogP contribution in [0.25, 0.3) is 11.2 Å². The van der Waals surface area contributed by atoms with E-state index in [4.69, 9.17) is 21.1 Å². The number of hydrogen-bond donors (Lipinski definition) is 0. The van der Waals surface area contributed by atoms with Crippen molar-refractivity contribution in [1.29, 1.82) is 0 Å². The molecule has 0 bridgehead atoms. The molecule has 1 aliphatic rings. The molecule has 2 aromatic heterocycles. The van der Waals surface area contributed by atoms with Crippen molar-refractivity contribution in [3.05, 3.63) is 18.0 Å². The number of rotatable bonds is 4. The van der Waals surface area contributed by atoms with Crippen LogP contribution in [0.15, 0.2) is 12.1 Å². The van der Waals surface area contributed by atoms with Crippen LogP contribution in [0.3, 0.4) is 0 Å². The maximum atomic E-state index is 6.01. The lowest BCUT2D eigenvalue weighted by atomic mass is 10.1. The summed E-state index contributed by atoms with van der Waals surface area (Å²) < 4.78 is 13.1. The number of aromatic nitrogens is 3. The van der Waals surface area contributed by atoms with Gasteiger partial charge in [0.1, 0.15) is 11.3 Å². The van der Waals surface area contributed by atoms with Crippen LogP contribution in [0.2, 0.25) is 0 Å². The van der Waals surface area contributed by atoms with Gasteiger partial charge in [-0.05, 0) is 25.3 Å². The number of methoxy groups -OCH3 is 1. The minimum Gasteiger partial charge on any atom is -0.481 e. The van der Waals surface area contributed by atoms with Gasteiger partial charge in [-0.3, -0.25) is 0 Å². The molecule has 6 heteroatoms. The summed E-state index contributed by atoms with van der Waals surface area (Å²) in [6.07, 6.45) is 3.65. The predicted molar refractivity (Wildman–Crippen MR) is 77.2 cm³/mol. The third kappa shape index (κ3) is 2.60. The molecule has 2 aromatic rings. The van der Waals surface area contributed by atoms with Crippen LogP contribution < -0.4 is 4.74 Å². The first-order chi connectivity index (χ1) is 9.81. The van der Waals surface area contributed by atoms with E-state index in [1.54, 1.807) is 7.11 Å². The van der Waals surface area contributed by atoms with Gasteiger partial charge in [0.15, 0.2) is 5.65 Å². The number of fused-ring (bicyclic) bond motifs is 1. The van der Waals surface area contributed by atoms with Gasteiger partial charge in [-0.15, -0.1) is 11.6 Å². The van der Waals surface area contributed by atoms with Crippen molar-refractivity contribution in [2.75, 3.05) is 13.7 Å². The minimum absolute atomic E-state index is 0.219. The SMILES string of the molecule is COc1ccc2nc(CCl)n(CC3CCCCO3)c2n1. The Balaban J connectivity index is 1.97. The Bertz CT molecular complexity index is 593. The third-order valence-electron chi connectivity index (χ3n) is 3.63. The van der Waals surface area contributed by atoms with E-state index in [0.29, 0.717) is 11.8 Å². The molecule has 3 rings (SSSR count). The number of alkyl halides is 1. The number of halogens is 1. The normalized spacial score (nSPS) is 19.4. The molecular weight excluding hydrogens is 278 g/mol. The Labute approximate surface area is 122 Å². The third-order valence-corrected chi connectivity index (χ3v) is 3.87. The zero-order valence-electron chi connectivity index (χ0n) is 11.5. The smallest absolute Gasteiger partial charge is 0.215 e. The lowest BCUT2D eigenvalue weighted by Gasteiger charge is -2.23. The molecular formula is C14H18ClN3O2. The highest BCUT2D eigenvalue weighted by atomic mass is 35.5. The molecule has 5 nitrogen and oxygen atoms in total. The van der Waals surface area contributed by atoms with Gasteiger partial charge in [-0.2, -0.15) is 4.98 Å². The van der Waals surface area contributed by atoms with E-state index in [-0.39, 0.29) is 6.10 Å². The largest absolute Gasteiger partial charge is 0.481 e. The van der Waals surface area contributed by atoms with Crippen LogP contribution >= 0.6 is 11.6 Å². The minimum atomic E-state index is 0.219. The molecule has 0 saturated carbocycles. The predicted octanol–water partition coefficient (Wildman–Crippen LogP) is 2.75. The number of pyridine rings is 1. The summed E-state index contributed by atoms with van der Waals surface area (Å²) in [6.45, 7) is 1.59. The van der Waals surface area contributed by atoms with Gasteiger partial charge in [-0.1, -0.05) is 0 Å². The fourth-order valence-corrected chi connectivity index (χ4v) is 2.80. The maximum absolute atomic E-state index is 6.01. The summed E-state index contributed by atoms with van der Waals surface area (Å²) in [5.74, 6) is 1.78. The Morgan fingerprint density at radius 1 is 1.40 bits per heavy atom. The summed E-state index contributed by atoms with van der Waals surface area (Å²) in [6, 6.07) is 3.73. The Morgan fingerprint density at radius 2 is 2.30 bits per heavy atom. The highest BCUT2D eigenvalue weighted by molar-refractivity contribution is 6.16. The quantitative estimate of drug-likeness (QED) is 0.814. The maximum Gasteiger partial charge on any atom is 0.215 e. The van der Waals surface area contributed by atoms with Crippen molar-refractivity contribution < 1.29 is 9.47 Å². The molecule has 3 heterocycles. The van der Waals surface area contributed by atoms with Gasteiger partial charge in [-0.25, -0.2) is 4.98 Å². The zero-order valence-corrected chi connectivity index (χ0v) is 12.3. The van der Waals surface area contributed by atoms with E-state index in [9.17, 15) is 0 Å². The molecule has 1 saturated heterocycles. The van der Waals surface area contributed by atoms with Crippen molar-refractivity contribution in [1.82, 2.24) is 14.5 Å². The standard InChI is InChI=1S/C14H18ClN3O2/c1-19-13-6-5-11-14(17-13)18(12(8-15)16-11)9-10-4-2-3-7-20-10/h5-6,10H,2-4,7-9H2,1H3. The van der Waals surface area contributed by atoms with Crippen LogP contribution in [0, 0.1) is 0 Å². The zero-order chi connectivity index (χ0) is 13.9. The van der Waals surface area contributed by atoms with E-state index in [1.165, 1.54) is 6.42 Å². The summed E-state index contributed by atoms with van der Waals surface area (Å²) in [5.41, 5.74) is 1.66. The summed E-state index contributed by atoms with van der Waals surface area (Å²) in [7, 11) is 1.61. The number of ether oxygens (including phenoxy) is 2. The van der Waals surface area contributed by atoms with E-state index in [2.05, 4.69) is 14.5 Å². The van der Waals surface area contributed by atoms with Gasteiger partial charge in [0.05, 0.1) is 25.6 Å². The highest BCUT2D eigenvalue weighted by Crippen LogP contribution is 2.22. The van der Waals surface area contributed by atoms with Crippen LogP contribution in [-0.2, 0) is 17.2 Å². The second kappa shape index (κ2) is 5.97. The van der Waals surface area contributed by atoms with Crippen molar-refractivity contribution in [2.45, 2.75) is 37.8 Å². The van der Waals surface area contributed by atoms with Gasteiger partial charge in [0, 0.05) is 12.7 Å². The second-order valence-electron chi connectivity index (χ2n) is 4.96. The average Bonchev–Trinajstić information content (AvgIpc) is 2.85. The van der Waals surface area contributed by atoms with Gasteiger partial charge < -0.3 is 14.0 Å². The molecule has 1 aliphatic heterocycles. The van der Waals surface area contributed by atoms with Crippen molar-refractivity contribution in [3.63, 3.8) is 0 Å². The molecule has 0 amide bonds. The first-order valence-electron chi connectivity index (χ1n) is 6.89. The number of hydrogen-bond acceptors (Lipinski definition) is 4. The van der Waals surface area contributed by atoms with Crippen molar-refractivity contribution in [2.24, 2.45) is 0 Å². The molecule has 0 N–H and O–H groups in total. The Morgan fingerprint density at radius 3 is 3.00 bits per heavy atom. The first kappa shape index (κ1) is 13.6. The summed E-state index contributed by atoms with van der Waals surface area (Å²) >= 11 is 6.01. The van der Waals surface area contributed by atoms with Crippen LogP contribution in [-0.4, -0.2) is 34.4 Å². The first-order valence-corrected chi connectivity index (χ1v) is 7.43. The lowest BCUT2D eigenvalue weighted by molar-refractivity contribution is 0.00618. The van der Waals surface area contributed by atoms with Gasteiger partial charge in [0.2, 0.25) is 5.88 Å². The molecule has 1 unspecified atom stereocenters. The molecule has 0 aromatic carbocycles. The second-order valence-corrected chi connectivity index (χ2v) is 5.22. The van der Waals surface area contributed by atoms with Crippen molar-refractivity contribution in [3.8, 4) is 5.88 Å². The van der Waals surface area contributed by atoms with E-state index >= 15 is 0 Å². The lowest BCUT2D eigenvalue weighted by Crippen LogP contribution is -2.25. The summed E-state index contributed by atoms with van der Waals surface area (Å²) in [5, 5.41) is 0. The molecule has 108 valence electrons.